The van der Waals surface area contributed by atoms with Gasteiger partial charge in [0.15, 0.2) is 0 Å². The molecule has 0 aromatic rings. The number of ether oxygens (including phenoxy) is 3. The molecule has 3 heterocycles. The number of rotatable bonds is 6. The van der Waals surface area contributed by atoms with Gasteiger partial charge < -0.3 is 14.2 Å². The molecule has 112 valence electrons. The van der Waals surface area contributed by atoms with E-state index in [-0.39, 0.29) is 30.9 Å². The maximum absolute atomic E-state index is 12.3. The fourth-order valence-corrected chi connectivity index (χ4v) is 2.33. The van der Waals surface area contributed by atoms with Crippen LogP contribution in [0.15, 0.2) is 0 Å². The summed E-state index contributed by atoms with van der Waals surface area (Å²) in [6.45, 7) is 6.43. The molecule has 7 nitrogen and oxygen atoms in total. The number of hydrogen-bond donors (Lipinski definition) is 0. The molecule has 0 aromatic heterocycles. The minimum Gasteiger partial charge on any atom is -0.371 e. The molecule has 0 N–H and O–H groups in total. The Morgan fingerprint density at radius 2 is 1.90 bits per heavy atom. The third kappa shape index (κ3) is 2.94. The first-order valence-electron chi connectivity index (χ1n) is 6.89. The number of amides is 3. The lowest BCUT2D eigenvalue weighted by atomic mass is 9.89. The van der Waals surface area contributed by atoms with Gasteiger partial charge in [-0.25, -0.2) is 4.79 Å². The molecular formula is C13H20N2O5. The predicted molar refractivity (Wildman–Crippen MR) is 67.9 cm³/mol. The zero-order valence-corrected chi connectivity index (χ0v) is 11.8. The highest BCUT2D eigenvalue weighted by Crippen LogP contribution is 2.28. The molecule has 2 unspecified atom stereocenters. The van der Waals surface area contributed by atoms with E-state index in [0.717, 1.165) is 6.61 Å². The average molecular weight is 284 g/mol. The summed E-state index contributed by atoms with van der Waals surface area (Å²) >= 11 is 0. The third-order valence-corrected chi connectivity index (χ3v) is 3.65. The topological polar surface area (TPSA) is 74.9 Å². The van der Waals surface area contributed by atoms with E-state index >= 15 is 0 Å². The lowest BCUT2D eigenvalue weighted by Gasteiger charge is -2.42. The molecule has 7 heteroatoms. The van der Waals surface area contributed by atoms with Gasteiger partial charge in [-0.15, -0.1) is 0 Å². The highest BCUT2D eigenvalue weighted by molar-refractivity contribution is 5.99. The van der Waals surface area contributed by atoms with Crippen molar-refractivity contribution in [3.8, 4) is 0 Å². The zero-order chi connectivity index (χ0) is 14.3. The van der Waals surface area contributed by atoms with Crippen molar-refractivity contribution in [1.82, 2.24) is 9.80 Å². The van der Waals surface area contributed by atoms with Crippen molar-refractivity contribution in [3.05, 3.63) is 0 Å². The van der Waals surface area contributed by atoms with E-state index in [1.165, 1.54) is 4.90 Å². The molecule has 0 aliphatic carbocycles. The fraction of sp³-hybridized carbons (Fsp3) is 0.846. The summed E-state index contributed by atoms with van der Waals surface area (Å²) in [5.74, 6) is -0.139. The van der Waals surface area contributed by atoms with Crippen molar-refractivity contribution in [2.24, 2.45) is 5.41 Å². The predicted octanol–water partition coefficient (Wildman–Crippen LogP) is 0.0485. The summed E-state index contributed by atoms with van der Waals surface area (Å²) in [6.07, 6.45) is 0.167. The lowest BCUT2D eigenvalue weighted by molar-refractivity contribution is -0.144. The first-order valence-corrected chi connectivity index (χ1v) is 6.89. The van der Waals surface area contributed by atoms with Gasteiger partial charge in [-0.2, -0.15) is 0 Å². The van der Waals surface area contributed by atoms with Crippen molar-refractivity contribution in [2.45, 2.75) is 26.1 Å². The van der Waals surface area contributed by atoms with E-state index in [4.69, 9.17) is 14.2 Å². The van der Waals surface area contributed by atoms with E-state index < -0.39 is 5.41 Å². The Labute approximate surface area is 117 Å². The number of epoxide rings is 2. The van der Waals surface area contributed by atoms with Gasteiger partial charge in [0.05, 0.1) is 37.9 Å². The number of nitrogens with zero attached hydrogens (tertiary/aromatic N) is 2. The molecule has 3 fully saturated rings. The van der Waals surface area contributed by atoms with E-state index in [9.17, 15) is 9.59 Å². The maximum atomic E-state index is 12.3. The van der Waals surface area contributed by atoms with E-state index in [0.29, 0.717) is 26.3 Å². The number of urea groups is 1. The summed E-state index contributed by atoms with van der Waals surface area (Å²) in [5.41, 5.74) is -0.595. The van der Waals surface area contributed by atoms with E-state index in [1.807, 2.05) is 13.8 Å². The van der Waals surface area contributed by atoms with Crippen LogP contribution in [0.25, 0.3) is 0 Å². The molecule has 0 radical (unpaired) electrons. The van der Waals surface area contributed by atoms with Crippen LogP contribution < -0.4 is 0 Å². The molecular weight excluding hydrogens is 264 g/mol. The van der Waals surface area contributed by atoms with Gasteiger partial charge in [0.25, 0.3) is 0 Å². The van der Waals surface area contributed by atoms with E-state index in [1.54, 1.807) is 4.90 Å². The molecule has 0 bridgehead atoms. The summed E-state index contributed by atoms with van der Waals surface area (Å²) in [7, 11) is 0. The Morgan fingerprint density at radius 1 is 1.25 bits per heavy atom. The lowest BCUT2D eigenvalue weighted by Crippen LogP contribution is -2.61. The van der Waals surface area contributed by atoms with Crippen LogP contribution in [-0.2, 0) is 19.0 Å². The molecule has 20 heavy (non-hydrogen) atoms. The van der Waals surface area contributed by atoms with E-state index in [2.05, 4.69) is 0 Å². The van der Waals surface area contributed by atoms with Gasteiger partial charge >= 0.3 is 6.03 Å². The van der Waals surface area contributed by atoms with Crippen LogP contribution in [0.2, 0.25) is 0 Å². The first kappa shape index (κ1) is 13.8. The first-order chi connectivity index (χ1) is 9.47. The number of imide groups is 1. The molecule has 3 aliphatic heterocycles. The number of hydrogen-bond acceptors (Lipinski definition) is 5. The Kier molecular flexibility index (Phi) is 3.43. The van der Waals surface area contributed by atoms with Gasteiger partial charge in [-0.1, -0.05) is 0 Å². The van der Waals surface area contributed by atoms with Crippen LogP contribution in [0.3, 0.4) is 0 Å². The average Bonchev–Trinajstić information content (AvgIpc) is 3.25. The van der Waals surface area contributed by atoms with Gasteiger partial charge in [-0.3, -0.25) is 14.6 Å². The quantitative estimate of drug-likeness (QED) is 0.644. The second-order valence-electron chi connectivity index (χ2n) is 6.19. The summed E-state index contributed by atoms with van der Waals surface area (Å²) < 4.78 is 15.7. The standard InChI is InChI=1S/C13H20N2O5/c1-13(2)7-14(8-18-4-10-6-20-10)12(17)15(11(13)16)3-9-5-19-9/h9-10H,3-8H2,1-2H3. The van der Waals surface area contributed by atoms with Crippen molar-refractivity contribution in [2.75, 3.05) is 39.6 Å². The molecule has 3 amide bonds. The van der Waals surface area contributed by atoms with Crippen LogP contribution in [0.1, 0.15) is 13.8 Å². The molecule has 2 atom stereocenters. The minimum absolute atomic E-state index is 0.000526. The van der Waals surface area contributed by atoms with Crippen LogP contribution in [0, 0.1) is 5.41 Å². The number of carbonyl (C=O) groups is 2. The van der Waals surface area contributed by atoms with Crippen molar-refractivity contribution in [3.63, 3.8) is 0 Å². The van der Waals surface area contributed by atoms with Crippen molar-refractivity contribution < 1.29 is 23.8 Å². The Morgan fingerprint density at radius 3 is 2.50 bits per heavy atom. The van der Waals surface area contributed by atoms with Crippen LogP contribution >= 0.6 is 0 Å². The zero-order valence-electron chi connectivity index (χ0n) is 11.8. The van der Waals surface area contributed by atoms with Crippen molar-refractivity contribution >= 4 is 11.9 Å². The molecule has 0 saturated carbocycles. The molecule has 3 aliphatic rings. The normalized spacial score (nSPS) is 31.7. The van der Waals surface area contributed by atoms with Gasteiger partial charge in [0, 0.05) is 6.54 Å². The third-order valence-electron chi connectivity index (χ3n) is 3.65. The number of carbonyl (C=O) groups excluding carboxylic acids is 2. The molecule has 0 spiro atoms. The van der Waals surface area contributed by atoms with Crippen LogP contribution in [-0.4, -0.2) is 73.6 Å². The van der Waals surface area contributed by atoms with Crippen LogP contribution in [0.4, 0.5) is 4.79 Å². The largest absolute Gasteiger partial charge is 0.371 e. The van der Waals surface area contributed by atoms with Gasteiger partial charge in [0.2, 0.25) is 5.91 Å². The molecule has 3 saturated heterocycles. The Hall–Kier alpha value is -1.18. The monoisotopic (exact) mass is 284 g/mol. The minimum atomic E-state index is -0.595. The van der Waals surface area contributed by atoms with Crippen molar-refractivity contribution in [1.29, 1.82) is 0 Å². The highest BCUT2D eigenvalue weighted by atomic mass is 16.6. The maximum Gasteiger partial charge on any atom is 0.328 e. The Balaban J connectivity index is 1.62. The smallest absolute Gasteiger partial charge is 0.328 e. The van der Waals surface area contributed by atoms with Gasteiger partial charge in [-0.05, 0) is 13.8 Å². The summed E-state index contributed by atoms with van der Waals surface area (Å²) in [6, 6.07) is -0.290. The SMILES string of the molecule is CC1(C)CN(COCC2CO2)C(=O)N(CC2CO2)C1=O. The van der Waals surface area contributed by atoms with Gasteiger partial charge in [0.1, 0.15) is 12.8 Å². The molecule has 3 rings (SSSR count). The fourth-order valence-electron chi connectivity index (χ4n) is 2.33. The molecule has 0 aromatic carbocycles. The second kappa shape index (κ2) is 4.98. The Bertz CT molecular complexity index is 417. The van der Waals surface area contributed by atoms with Crippen LogP contribution in [0.5, 0.6) is 0 Å². The summed E-state index contributed by atoms with van der Waals surface area (Å²) in [4.78, 5) is 27.5. The summed E-state index contributed by atoms with van der Waals surface area (Å²) in [5, 5.41) is 0. The highest BCUT2D eigenvalue weighted by Gasteiger charge is 2.46. The second-order valence-corrected chi connectivity index (χ2v) is 6.19.